The van der Waals surface area contributed by atoms with Crippen molar-refractivity contribution in [2.75, 3.05) is 26.2 Å². The summed E-state index contributed by atoms with van der Waals surface area (Å²) in [5.74, 6) is 0.632. The molecular weight excluding hydrogens is 358 g/mol. The highest BCUT2D eigenvalue weighted by atomic mass is 16.6. The van der Waals surface area contributed by atoms with Crippen LogP contribution in [0.1, 0.15) is 39.2 Å². The van der Waals surface area contributed by atoms with E-state index in [0.717, 1.165) is 25.9 Å². The summed E-state index contributed by atoms with van der Waals surface area (Å²) in [5, 5.41) is 19.2. The van der Waals surface area contributed by atoms with Crippen LogP contribution in [-0.4, -0.2) is 71.0 Å². The number of hydrogen-bond donors (Lipinski definition) is 1. The molecule has 3 rings (SSSR count). The van der Waals surface area contributed by atoms with E-state index in [0.29, 0.717) is 17.9 Å². The Labute approximate surface area is 166 Å². The lowest BCUT2D eigenvalue weighted by atomic mass is 10.1. The van der Waals surface area contributed by atoms with Gasteiger partial charge in [0, 0.05) is 31.7 Å². The predicted octanol–water partition coefficient (Wildman–Crippen LogP) is 2.38. The van der Waals surface area contributed by atoms with Gasteiger partial charge in [-0.1, -0.05) is 0 Å². The van der Waals surface area contributed by atoms with E-state index in [2.05, 4.69) is 11.0 Å². The van der Waals surface area contributed by atoms with Crippen molar-refractivity contribution in [3.8, 4) is 11.8 Å². The van der Waals surface area contributed by atoms with Crippen LogP contribution >= 0.6 is 0 Å². The van der Waals surface area contributed by atoms with Crippen LogP contribution in [0.15, 0.2) is 24.3 Å². The number of β-amino-alcohol motifs (C(OH)–C–C–N with tert-alkyl or cyclic N) is 1. The number of carbonyl (C=O) groups is 1. The van der Waals surface area contributed by atoms with Crippen molar-refractivity contribution < 1.29 is 19.4 Å². The van der Waals surface area contributed by atoms with Crippen molar-refractivity contribution in [1.82, 2.24) is 9.80 Å². The van der Waals surface area contributed by atoms with Crippen LogP contribution in [0, 0.1) is 11.3 Å². The summed E-state index contributed by atoms with van der Waals surface area (Å²) < 4.78 is 11.2. The highest BCUT2D eigenvalue weighted by molar-refractivity contribution is 5.69. The lowest BCUT2D eigenvalue weighted by Gasteiger charge is -2.41. The first-order chi connectivity index (χ1) is 13.2. The molecule has 2 aliphatic heterocycles. The first-order valence-electron chi connectivity index (χ1n) is 9.80. The highest BCUT2D eigenvalue weighted by Gasteiger charge is 2.44. The zero-order valence-corrected chi connectivity index (χ0v) is 16.8. The van der Waals surface area contributed by atoms with Gasteiger partial charge in [-0.2, -0.15) is 5.26 Å². The summed E-state index contributed by atoms with van der Waals surface area (Å²) in [6.45, 7) is 7.82. The Morgan fingerprint density at radius 2 is 1.86 bits per heavy atom. The van der Waals surface area contributed by atoms with Crippen molar-refractivity contribution in [2.24, 2.45) is 0 Å². The second kappa shape index (κ2) is 8.38. The molecule has 2 saturated heterocycles. The molecule has 2 bridgehead atoms. The van der Waals surface area contributed by atoms with Crippen LogP contribution in [0.2, 0.25) is 0 Å². The average Bonchev–Trinajstić information content (AvgIpc) is 2.90. The number of fused-ring (bicyclic) bond motifs is 2. The minimum atomic E-state index is -0.622. The Morgan fingerprint density at radius 3 is 2.39 bits per heavy atom. The fourth-order valence-corrected chi connectivity index (χ4v) is 3.92. The Bertz CT molecular complexity index is 709. The predicted molar refractivity (Wildman–Crippen MR) is 104 cm³/mol. The number of nitrogens with zero attached hydrogens (tertiary/aromatic N) is 3. The van der Waals surface area contributed by atoms with E-state index in [9.17, 15) is 9.90 Å². The Kier molecular flexibility index (Phi) is 6.11. The quantitative estimate of drug-likeness (QED) is 0.835. The van der Waals surface area contributed by atoms with Crippen LogP contribution in [-0.2, 0) is 4.74 Å². The van der Waals surface area contributed by atoms with Gasteiger partial charge in [0.2, 0.25) is 0 Å². The van der Waals surface area contributed by atoms with Gasteiger partial charge in [0.15, 0.2) is 0 Å². The van der Waals surface area contributed by atoms with E-state index in [1.165, 1.54) is 0 Å². The number of benzene rings is 1. The SMILES string of the molecule is CC(C)(C)OC(=O)N1C2CCC1CN(CC(O)COc1ccc(C#N)cc1)C2. The maximum atomic E-state index is 12.5. The van der Waals surface area contributed by atoms with E-state index >= 15 is 0 Å². The average molecular weight is 387 g/mol. The van der Waals surface area contributed by atoms with Gasteiger partial charge in [0.25, 0.3) is 0 Å². The van der Waals surface area contributed by atoms with Gasteiger partial charge >= 0.3 is 6.09 Å². The number of ether oxygens (including phenoxy) is 2. The molecule has 0 spiro atoms. The zero-order chi connectivity index (χ0) is 20.3. The molecule has 3 atom stereocenters. The first kappa shape index (κ1) is 20.4. The maximum Gasteiger partial charge on any atom is 0.410 e. The molecule has 1 amide bonds. The van der Waals surface area contributed by atoms with E-state index in [4.69, 9.17) is 14.7 Å². The molecule has 2 heterocycles. The second-order valence-electron chi connectivity index (χ2n) is 8.59. The summed E-state index contributed by atoms with van der Waals surface area (Å²) in [6, 6.07) is 9.18. The minimum absolute atomic E-state index is 0.139. The molecule has 1 aromatic rings. The van der Waals surface area contributed by atoms with Gasteiger partial charge in [0.05, 0.1) is 11.6 Å². The van der Waals surface area contributed by atoms with Crippen molar-refractivity contribution in [1.29, 1.82) is 5.26 Å². The summed E-state index contributed by atoms with van der Waals surface area (Å²) >= 11 is 0. The summed E-state index contributed by atoms with van der Waals surface area (Å²) in [4.78, 5) is 16.6. The van der Waals surface area contributed by atoms with Gasteiger partial charge in [-0.25, -0.2) is 4.79 Å². The van der Waals surface area contributed by atoms with Crippen molar-refractivity contribution >= 4 is 6.09 Å². The topological polar surface area (TPSA) is 86.0 Å². The van der Waals surface area contributed by atoms with Crippen LogP contribution in [0.3, 0.4) is 0 Å². The highest BCUT2D eigenvalue weighted by Crippen LogP contribution is 2.31. The molecule has 0 aromatic heterocycles. The number of amides is 1. The van der Waals surface area contributed by atoms with E-state index in [-0.39, 0.29) is 24.8 Å². The van der Waals surface area contributed by atoms with Crippen LogP contribution in [0.4, 0.5) is 4.79 Å². The smallest absolute Gasteiger partial charge is 0.410 e. The molecule has 152 valence electrons. The molecule has 0 saturated carbocycles. The van der Waals surface area contributed by atoms with E-state index in [1.54, 1.807) is 24.3 Å². The molecule has 3 unspecified atom stereocenters. The van der Waals surface area contributed by atoms with Crippen LogP contribution in [0.5, 0.6) is 5.75 Å². The first-order valence-corrected chi connectivity index (χ1v) is 9.80. The normalized spacial score (nSPS) is 23.2. The van der Waals surface area contributed by atoms with Crippen molar-refractivity contribution in [2.45, 2.75) is 57.4 Å². The largest absolute Gasteiger partial charge is 0.491 e. The maximum absolute atomic E-state index is 12.5. The molecule has 7 nitrogen and oxygen atoms in total. The standard InChI is InChI=1S/C21H29N3O4/c1-21(2,3)28-20(26)24-16-6-7-17(24)12-23(11-16)13-18(25)14-27-19-8-4-15(10-22)5-9-19/h4-5,8-9,16-18,25H,6-7,11-14H2,1-3H3. The number of hydrogen-bond acceptors (Lipinski definition) is 6. The summed E-state index contributed by atoms with van der Waals surface area (Å²) in [7, 11) is 0. The lowest BCUT2D eigenvalue weighted by molar-refractivity contribution is -0.0134. The number of rotatable bonds is 5. The fraction of sp³-hybridized carbons (Fsp3) is 0.619. The summed E-state index contributed by atoms with van der Waals surface area (Å²) in [6.07, 6.45) is 1.09. The number of piperazine rings is 1. The number of aliphatic hydroxyl groups is 1. The van der Waals surface area contributed by atoms with Crippen molar-refractivity contribution in [3.05, 3.63) is 29.8 Å². The van der Waals surface area contributed by atoms with Crippen LogP contribution < -0.4 is 4.74 Å². The monoisotopic (exact) mass is 387 g/mol. The van der Waals surface area contributed by atoms with Gasteiger partial charge in [-0.3, -0.25) is 9.80 Å². The zero-order valence-electron chi connectivity index (χ0n) is 16.8. The van der Waals surface area contributed by atoms with E-state index < -0.39 is 11.7 Å². The van der Waals surface area contributed by atoms with Crippen LogP contribution in [0.25, 0.3) is 0 Å². The second-order valence-corrected chi connectivity index (χ2v) is 8.59. The Balaban J connectivity index is 1.47. The number of nitriles is 1. The number of aliphatic hydroxyl groups excluding tert-OH is 1. The molecule has 28 heavy (non-hydrogen) atoms. The number of likely N-dealkylation sites (tertiary alicyclic amines) is 1. The van der Waals surface area contributed by atoms with Gasteiger partial charge in [-0.05, 0) is 57.9 Å². The van der Waals surface area contributed by atoms with Gasteiger partial charge < -0.3 is 14.6 Å². The summed E-state index contributed by atoms with van der Waals surface area (Å²) in [5.41, 5.74) is 0.0818. The molecule has 2 fully saturated rings. The minimum Gasteiger partial charge on any atom is -0.491 e. The Hall–Kier alpha value is -2.30. The molecule has 0 aliphatic carbocycles. The fourth-order valence-electron chi connectivity index (χ4n) is 3.92. The third kappa shape index (κ3) is 5.15. The molecule has 7 heteroatoms. The molecule has 1 N–H and O–H groups in total. The van der Waals surface area contributed by atoms with Crippen molar-refractivity contribution in [3.63, 3.8) is 0 Å². The van der Waals surface area contributed by atoms with Gasteiger partial charge in [0.1, 0.15) is 24.1 Å². The Morgan fingerprint density at radius 1 is 1.25 bits per heavy atom. The molecule has 1 aromatic carbocycles. The van der Waals surface area contributed by atoms with E-state index in [1.807, 2.05) is 25.7 Å². The molecule has 0 radical (unpaired) electrons. The van der Waals surface area contributed by atoms with Gasteiger partial charge in [-0.15, -0.1) is 0 Å². The third-order valence-electron chi connectivity index (χ3n) is 5.06. The molecule has 2 aliphatic rings. The molecular formula is C21H29N3O4. The lowest BCUT2D eigenvalue weighted by Crippen LogP contribution is -2.57. The third-order valence-corrected chi connectivity index (χ3v) is 5.06. The number of carbonyl (C=O) groups excluding carboxylic acids is 1.